The zero-order valence-electron chi connectivity index (χ0n) is 26.0. The maximum absolute atomic E-state index is 13.8. The largest absolute Gasteiger partial charge is 0.497 e. The standard InChI is InChI=1S/C33H44N4O5S/c1-24(2)22-37(33(38)25-7-10-29(41-5)11-8-25)23-26-21-27(34-43(39,40)31-14-12-30(42-6)13-15-31)9-16-32(26)36(4)28-17-19-35(3)20-18-28/h7-16,21,24,28,34H,17-20,22-23H2,1-6H3. The Balaban J connectivity index is 1.69. The molecule has 0 aromatic heterocycles. The van der Waals surface area contributed by atoms with Crippen molar-refractivity contribution in [3.8, 4) is 11.5 Å². The van der Waals surface area contributed by atoms with E-state index in [0.717, 1.165) is 37.2 Å². The Bertz CT molecular complexity index is 1470. The second kappa shape index (κ2) is 14.1. The number of methoxy groups -OCH3 is 2. The fraction of sp³-hybridized carbons (Fsp3) is 0.424. The van der Waals surface area contributed by atoms with Gasteiger partial charge in [0.1, 0.15) is 11.5 Å². The zero-order chi connectivity index (χ0) is 31.1. The van der Waals surface area contributed by atoms with E-state index in [0.29, 0.717) is 41.9 Å². The number of likely N-dealkylation sites (tertiary alicyclic amines) is 1. The van der Waals surface area contributed by atoms with Crippen LogP contribution < -0.4 is 19.1 Å². The number of nitrogens with zero attached hydrogens (tertiary/aromatic N) is 3. The van der Waals surface area contributed by atoms with E-state index in [-0.39, 0.29) is 16.7 Å². The highest BCUT2D eigenvalue weighted by atomic mass is 32.2. The number of sulfonamides is 1. The summed E-state index contributed by atoms with van der Waals surface area (Å²) in [6.45, 7) is 7.06. The Morgan fingerprint density at radius 3 is 2.09 bits per heavy atom. The number of amides is 1. The van der Waals surface area contributed by atoms with Gasteiger partial charge in [0.05, 0.1) is 19.1 Å². The molecule has 0 saturated carbocycles. The lowest BCUT2D eigenvalue weighted by atomic mass is 10.0. The summed E-state index contributed by atoms with van der Waals surface area (Å²) >= 11 is 0. The van der Waals surface area contributed by atoms with Crippen LogP contribution in [0.5, 0.6) is 11.5 Å². The summed E-state index contributed by atoms with van der Waals surface area (Å²) < 4.78 is 39.8. The molecule has 3 aromatic carbocycles. The highest BCUT2D eigenvalue weighted by molar-refractivity contribution is 7.92. The third-order valence-corrected chi connectivity index (χ3v) is 9.29. The molecule has 43 heavy (non-hydrogen) atoms. The van der Waals surface area contributed by atoms with Crippen LogP contribution in [0, 0.1) is 5.92 Å². The van der Waals surface area contributed by atoms with Crippen LogP contribution in [0.3, 0.4) is 0 Å². The average molecular weight is 609 g/mol. The summed E-state index contributed by atoms with van der Waals surface area (Å²) in [6, 6.07) is 19.4. The number of piperidine rings is 1. The van der Waals surface area contributed by atoms with Gasteiger partial charge in [-0.25, -0.2) is 8.42 Å². The molecule has 0 atom stereocenters. The molecule has 1 aliphatic heterocycles. The van der Waals surface area contributed by atoms with Gasteiger partial charge in [0.15, 0.2) is 0 Å². The molecule has 0 aliphatic carbocycles. The molecule has 1 N–H and O–H groups in total. The van der Waals surface area contributed by atoms with E-state index >= 15 is 0 Å². The zero-order valence-corrected chi connectivity index (χ0v) is 26.9. The molecule has 1 saturated heterocycles. The number of hydrogen-bond donors (Lipinski definition) is 1. The second-order valence-electron chi connectivity index (χ2n) is 11.6. The Morgan fingerprint density at radius 1 is 0.953 bits per heavy atom. The number of nitrogens with one attached hydrogen (secondary N) is 1. The Kier molecular flexibility index (Phi) is 10.6. The van der Waals surface area contributed by atoms with Crippen LogP contribution >= 0.6 is 0 Å². The van der Waals surface area contributed by atoms with Crippen LogP contribution in [0.1, 0.15) is 42.6 Å². The van der Waals surface area contributed by atoms with Gasteiger partial charge in [-0.1, -0.05) is 13.8 Å². The summed E-state index contributed by atoms with van der Waals surface area (Å²) in [5.74, 6) is 1.41. The van der Waals surface area contributed by atoms with Crippen LogP contribution in [0.2, 0.25) is 0 Å². The van der Waals surface area contributed by atoms with Gasteiger partial charge in [-0.3, -0.25) is 9.52 Å². The monoisotopic (exact) mass is 608 g/mol. The van der Waals surface area contributed by atoms with Crippen molar-refractivity contribution in [3.05, 3.63) is 77.9 Å². The Morgan fingerprint density at radius 2 is 1.53 bits per heavy atom. The van der Waals surface area contributed by atoms with Crippen molar-refractivity contribution in [2.75, 3.05) is 57.6 Å². The molecular formula is C33H44N4O5S. The van der Waals surface area contributed by atoms with E-state index in [9.17, 15) is 13.2 Å². The molecule has 9 nitrogen and oxygen atoms in total. The lowest BCUT2D eigenvalue weighted by Gasteiger charge is -2.38. The van der Waals surface area contributed by atoms with Gasteiger partial charge in [0.2, 0.25) is 0 Å². The first-order chi connectivity index (χ1) is 20.5. The molecular weight excluding hydrogens is 564 g/mol. The number of ether oxygens (including phenoxy) is 2. The van der Waals surface area contributed by atoms with E-state index in [1.807, 2.05) is 17.0 Å². The highest BCUT2D eigenvalue weighted by Crippen LogP contribution is 2.31. The Labute approximate surface area is 256 Å². The lowest BCUT2D eigenvalue weighted by Crippen LogP contribution is -2.42. The van der Waals surface area contributed by atoms with Crippen LogP contribution in [0.25, 0.3) is 0 Å². The predicted octanol–water partition coefficient (Wildman–Crippen LogP) is 5.33. The normalized spacial score (nSPS) is 14.4. The van der Waals surface area contributed by atoms with E-state index in [2.05, 4.69) is 42.5 Å². The van der Waals surface area contributed by atoms with Gasteiger partial charge >= 0.3 is 0 Å². The first-order valence-corrected chi connectivity index (χ1v) is 16.1. The van der Waals surface area contributed by atoms with Crippen molar-refractivity contribution in [2.24, 2.45) is 5.92 Å². The molecule has 0 unspecified atom stereocenters. The van der Waals surface area contributed by atoms with Crippen molar-refractivity contribution < 1.29 is 22.7 Å². The van der Waals surface area contributed by atoms with Crippen molar-refractivity contribution in [1.82, 2.24) is 9.80 Å². The SMILES string of the molecule is COc1ccc(C(=O)N(Cc2cc(NS(=O)(=O)c3ccc(OC)cc3)ccc2N(C)C2CCN(C)CC2)CC(C)C)cc1. The third-order valence-electron chi connectivity index (χ3n) is 7.89. The van der Waals surface area contributed by atoms with Gasteiger partial charge < -0.3 is 24.2 Å². The molecule has 1 heterocycles. The maximum Gasteiger partial charge on any atom is 0.261 e. The van der Waals surface area contributed by atoms with Crippen molar-refractivity contribution in [3.63, 3.8) is 0 Å². The quantitative estimate of drug-likeness (QED) is 0.297. The van der Waals surface area contributed by atoms with E-state index < -0.39 is 10.0 Å². The maximum atomic E-state index is 13.8. The molecule has 10 heteroatoms. The topological polar surface area (TPSA) is 91.4 Å². The summed E-state index contributed by atoms with van der Waals surface area (Å²) in [4.78, 5) is 20.4. The Hall–Kier alpha value is -3.76. The number of carbonyl (C=O) groups is 1. The molecule has 4 rings (SSSR count). The average Bonchev–Trinajstić information content (AvgIpc) is 3.00. The first kappa shape index (κ1) is 32.2. The van der Waals surface area contributed by atoms with Gasteiger partial charge in [-0.15, -0.1) is 0 Å². The molecule has 3 aromatic rings. The van der Waals surface area contributed by atoms with Crippen LogP contribution in [0.4, 0.5) is 11.4 Å². The molecule has 0 radical (unpaired) electrons. The fourth-order valence-electron chi connectivity index (χ4n) is 5.45. The molecule has 1 fully saturated rings. The van der Waals surface area contributed by atoms with Gasteiger partial charge in [0.25, 0.3) is 15.9 Å². The lowest BCUT2D eigenvalue weighted by molar-refractivity contribution is 0.0722. The predicted molar refractivity (Wildman–Crippen MR) is 172 cm³/mol. The molecule has 232 valence electrons. The van der Waals surface area contributed by atoms with Gasteiger partial charge in [-0.2, -0.15) is 0 Å². The smallest absolute Gasteiger partial charge is 0.261 e. The molecule has 0 bridgehead atoms. The van der Waals surface area contributed by atoms with Gasteiger partial charge in [0, 0.05) is 43.1 Å². The van der Waals surface area contributed by atoms with Crippen molar-refractivity contribution in [2.45, 2.75) is 44.2 Å². The fourth-order valence-corrected chi connectivity index (χ4v) is 6.50. The van der Waals surface area contributed by atoms with Gasteiger partial charge in [-0.05, 0) is 111 Å². The number of anilines is 2. The number of rotatable bonds is 12. The number of carbonyl (C=O) groups excluding carboxylic acids is 1. The molecule has 0 spiro atoms. The second-order valence-corrected chi connectivity index (χ2v) is 13.3. The minimum atomic E-state index is -3.85. The number of hydrogen-bond acceptors (Lipinski definition) is 7. The van der Waals surface area contributed by atoms with Crippen molar-refractivity contribution in [1.29, 1.82) is 0 Å². The summed E-state index contributed by atoms with van der Waals surface area (Å²) in [5.41, 5.74) is 2.87. The minimum absolute atomic E-state index is 0.0894. The third kappa shape index (κ3) is 8.20. The highest BCUT2D eigenvalue weighted by Gasteiger charge is 2.25. The molecule has 1 amide bonds. The summed E-state index contributed by atoms with van der Waals surface area (Å²) in [5, 5.41) is 0. The van der Waals surface area contributed by atoms with E-state index in [1.165, 1.54) is 19.2 Å². The van der Waals surface area contributed by atoms with Crippen LogP contribution in [0.15, 0.2) is 71.6 Å². The summed E-state index contributed by atoms with van der Waals surface area (Å²) in [7, 11) is 3.52. The van der Waals surface area contributed by atoms with E-state index in [1.54, 1.807) is 49.6 Å². The van der Waals surface area contributed by atoms with Crippen LogP contribution in [-0.2, 0) is 16.6 Å². The minimum Gasteiger partial charge on any atom is -0.497 e. The number of benzene rings is 3. The van der Waals surface area contributed by atoms with Crippen LogP contribution in [-0.4, -0.2) is 78.1 Å². The summed E-state index contributed by atoms with van der Waals surface area (Å²) in [6.07, 6.45) is 2.05. The van der Waals surface area contributed by atoms with Crippen molar-refractivity contribution >= 4 is 27.3 Å². The first-order valence-electron chi connectivity index (χ1n) is 14.6. The molecule has 1 aliphatic rings. The van der Waals surface area contributed by atoms with E-state index in [4.69, 9.17) is 9.47 Å².